The van der Waals surface area contributed by atoms with Crippen LogP contribution >= 0.6 is 11.3 Å². The number of hydrogen-bond acceptors (Lipinski definition) is 5. The summed E-state index contributed by atoms with van der Waals surface area (Å²) in [5, 5.41) is 3.60. The van der Waals surface area contributed by atoms with Crippen molar-refractivity contribution in [3.8, 4) is 0 Å². The Morgan fingerprint density at radius 2 is 1.79 bits per heavy atom. The van der Waals surface area contributed by atoms with Gasteiger partial charge in [0.2, 0.25) is 0 Å². The number of nitrogens with one attached hydrogen (secondary N) is 1. The standard InChI is InChI=1S/C25H25FN4O2S/c26-19-8-2-3-9-20(19)29-12-14-30(15-13-29)25(32)22-18-7-1-4-10-21(18)33-24(22)28-23(31)17-6-5-11-27-16-17/h2-3,5-6,8-9,11,16H,1,4,7,10,12-15H2,(H,28,31). The predicted molar refractivity (Wildman–Crippen MR) is 128 cm³/mol. The van der Waals surface area contributed by atoms with Crippen LogP contribution in [0.3, 0.4) is 0 Å². The number of benzene rings is 1. The smallest absolute Gasteiger partial charge is 0.257 e. The van der Waals surface area contributed by atoms with E-state index in [9.17, 15) is 14.0 Å². The van der Waals surface area contributed by atoms with E-state index in [1.807, 2.05) is 15.9 Å². The van der Waals surface area contributed by atoms with E-state index >= 15 is 0 Å². The van der Waals surface area contributed by atoms with E-state index in [-0.39, 0.29) is 17.6 Å². The number of hydrogen-bond donors (Lipinski definition) is 1. The number of pyridine rings is 1. The van der Waals surface area contributed by atoms with Gasteiger partial charge in [-0.3, -0.25) is 14.6 Å². The summed E-state index contributed by atoms with van der Waals surface area (Å²) in [5.74, 6) is -0.561. The monoisotopic (exact) mass is 464 g/mol. The van der Waals surface area contributed by atoms with Crippen LogP contribution < -0.4 is 10.2 Å². The van der Waals surface area contributed by atoms with E-state index in [4.69, 9.17) is 0 Å². The number of carbonyl (C=O) groups excluding carboxylic acids is 2. The molecule has 0 spiro atoms. The largest absolute Gasteiger partial charge is 0.366 e. The lowest BCUT2D eigenvalue weighted by molar-refractivity contribution is 0.0747. The Bertz CT molecular complexity index is 1170. The number of rotatable bonds is 4. The molecule has 1 aromatic carbocycles. The molecule has 1 saturated heterocycles. The summed E-state index contributed by atoms with van der Waals surface area (Å²) in [6.07, 6.45) is 7.07. The maximum Gasteiger partial charge on any atom is 0.257 e. The van der Waals surface area contributed by atoms with Crippen LogP contribution in [0.1, 0.15) is 44.0 Å². The second kappa shape index (κ2) is 9.31. The number of para-hydroxylation sites is 1. The van der Waals surface area contributed by atoms with Gasteiger partial charge >= 0.3 is 0 Å². The minimum atomic E-state index is -0.264. The number of amides is 2. The Morgan fingerprint density at radius 3 is 2.55 bits per heavy atom. The summed E-state index contributed by atoms with van der Waals surface area (Å²) in [7, 11) is 0. The molecular weight excluding hydrogens is 439 g/mol. The van der Waals surface area contributed by atoms with Crippen LogP contribution in [0.4, 0.5) is 15.1 Å². The van der Waals surface area contributed by atoms with E-state index in [1.54, 1.807) is 30.5 Å². The number of nitrogens with zero attached hydrogens (tertiary/aromatic N) is 3. The molecule has 8 heteroatoms. The van der Waals surface area contributed by atoms with Crippen molar-refractivity contribution >= 4 is 33.8 Å². The summed E-state index contributed by atoms with van der Waals surface area (Å²) < 4.78 is 14.2. The molecule has 2 aliphatic rings. The minimum absolute atomic E-state index is 0.0518. The summed E-state index contributed by atoms with van der Waals surface area (Å²) in [5.41, 5.74) is 2.74. The van der Waals surface area contributed by atoms with Crippen molar-refractivity contribution in [3.05, 3.63) is 76.2 Å². The highest BCUT2D eigenvalue weighted by Crippen LogP contribution is 2.39. The number of aryl methyl sites for hydroxylation is 1. The first-order valence-corrected chi connectivity index (χ1v) is 12.1. The van der Waals surface area contributed by atoms with Gasteiger partial charge in [-0.1, -0.05) is 12.1 Å². The highest BCUT2D eigenvalue weighted by Gasteiger charge is 2.31. The molecule has 2 aromatic heterocycles. The van der Waals surface area contributed by atoms with Crippen LogP contribution in [0.5, 0.6) is 0 Å². The van der Waals surface area contributed by atoms with Crippen LogP contribution in [-0.2, 0) is 12.8 Å². The molecule has 5 rings (SSSR count). The number of thiophene rings is 1. The fourth-order valence-electron chi connectivity index (χ4n) is 4.57. The Labute approximate surface area is 196 Å². The number of piperazine rings is 1. The van der Waals surface area contributed by atoms with E-state index in [2.05, 4.69) is 10.3 Å². The van der Waals surface area contributed by atoms with Crippen molar-refractivity contribution in [2.75, 3.05) is 36.4 Å². The second-order valence-corrected chi connectivity index (χ2v) is 9.45. The van der Waals surface area contributed by atoms with E-state index in [0.717, 1.165) is 31.2 Å². The van der Waals surface area contributed by atoms with Crippen molar-refractivity contribution in [3.63, 3.8) is 0 Å². The summed E-state index contributed by atoms with van der Waals surface area (Å²) in [4.78, 5) is 35.5. The zero-order chi connectivity index (χ0) is 22.8. The molecule has 33 heavy (non-hydrogen) atoms. The normalized spacial score (nSPS) is 15.8. The first-order chi connectivity index (χ1) is 16.1. The average Bonchev–Trinajstić information content (AvgIpc) is 3.22. The Balaban J connectivity index is 1.37. The second-order valence-electron chi connectivity index (χ2n) is 8.34. The van der Waals surface area contributed by atoms with E-state index < -0.39 is 0 Å². The molecule has 0 unspecified atom stereocenters. The van der Waals surface area contributed by atoms with Crippen LogP contribution in [0.2, 0.25) is 0 Å². The molecule has 2 amide bonds. The molecule has 6 nitrogen and oxygen atoms in total. The summed E-state index contributed by atoms with van der Waals surface area (Å²) in [6.45, 7) is 2.15. The van der Waals surface area contributed by atoms with E-state index in [1.165, 1.54) is 28.5 Å². The molecule has 0 saturated carbocycles. The fourth-order valence-corrected chi connectivity index (χ4v) is 5.85. The third-order valence-electron chi connectivity index (χ3n) is 6.30. The molecule has 1 aliphatic carbocycles. The van der Waals surface area contributed by atoms with Crippen molar-refractivity contribution in [1.82, 2.24) is 9.88 Å². The van der Waals surface area contributed by atoms with Gasteiger partial charge in [-0.25, -0.2) is 4.39 Å². The number of fused-ring (bicyclic) bond motifs is 1. The molecule has 0 radical (unpaired) electrons. The van der Waals surface area contributed by atoms with Gasteiger partial charge in [-0.15, -0.1) is 11.3 Å². The van der Waals surface area contributed by atoms with Crippen molar-refractivity contribution in [2.45, 2.75) is 25.7 Å². The Hall–Kier alpha value is -3.26. The zero-order valence-electron chi connectivity index (χ0n) is 18.2. The van der Waals surface area contributed by atoms with Gasteiger partial charge in [-0.2, -0.15) is 0 Å². The van der Waals surface area contributed by atoms with Gasteiger partial charge < -0.3 is 15.1 Å². The first kappa shape index (κ1) is 21.6. The van der Waals surface area contributed by atoms with E-state index in [0.29, 0.717) is 48.0 Å². The highest BCUT2D eigenvalue weighted by molar-refractivity contribution is 7.17. The van der Waals surface area contributed by atoms with Gasteiger partial charge in [0, 0.05) is 43.4 Å². The molecule has 0 atom stereocenters. The first-order valence-electron chi connectivity index (χ1n) is 11.3. The lowest BCUT2D eigenvalue weighted by Crippen LogP contribution is -2.49. The lowest BCUT2D eigenvalue weighted by atomic mass is 9.95. The molecule has 1 fully saturated rings. The third kappa shape index (κ3) is 4.35. The summed E-state index contributed by atoms with van der Waals surface area (Å²) >= 11 is 1.52. The molecule has 170 valence electrons. The SMILES string of the molecule is O=C(Nc1sc2c(c1C(=O)N1CCN(c3ccccc3F)CC1)CCCC2)c1cccnc1. The third-order valence-corrected chi connectivity index (χ3v) is 7.50. The van der Waals surface area contributed by atoms with Gasteiger partial charge in [0.1, 0.15) is 10.8 Å². The molecule has 3 aromatic rings. The van der Waals surface area contributed by atoms with Crippen LogP contribution in [0, 0.1) is 5.82 Å². The van der Waals surface area contributed by atoms with Crippen molar-refractivity contribution in [1.29, 1.82) is 0 Å². The molecule has 1 N–H and O–H groups in total. The number of anilines is 2. The number of aromatic nitrogens is 1. The van der Waals surface area contributed by atoms with Crippen LogP contribution in [-0.4, -0.2) is 47.9 Å². The molecule has 3 heterocycles. The van der Waals surface area contributed by atoms with Gasteiger partial charge in [0.15, 0.2) is 0 Å². The van der Waals surface area contributed by atoms with Gasteiger partial charge in [0.25, 0.3) is 11.8 Å². The minimum Gasteiger partial charge on any atom is -0.366 e. The summed E-state index contributed by atoms with van der Waals surface area (Å²) in [6, 6.07) is 10.2. The fraction of sp³-hybridized carbons (Fsp3) is 0.320. The van der Waals surface area contributed by atoms with Crippen LogP contribution in [0.15, 0.2) is 48.8 Å². The maximum absolute atomic E-state index is 14.2. The van der Waals surface area contributed by atoms with Gasteiger partial charge in [-0.05, 0) is 55.5 Å². The average molecular weight is 465 g/mol. The maximum atomic E-state index is 14.2. The van der Waals surface area contributed by atoms with Crippen LogP contribution in [0.25, 0.3) is 0 Å². The zero-order valence-corrected chi connectivity index (χ0v) is 19.0. The predicted octanol–water partition coefficient (Wildman–Crippen LogP) is 4.38. The lowest BCUT2D eigenvalue weighted by Gasteiger charge is -2.36. The Morgan fingerprint density at radius 1 is 1.00 bits per heavy atom. The number of halogens is 1. The van der Waals surface area contributed by atoms with Gasteiger partial charge in [0.05, 0.1) is 16.8 Å². The quantitative estimate of drug-likeness (QED) is 0.623. The topological polar surface area (TPSA) is 65.5 Å². The molecule has 0 bridgehead atoms. The van der Waals surface area contributed by atoms with Crippen molar-refractivity contribution < 1.29 is 14.0 Å². The highest BCUT2D eigenvalue weighted by atomic mass is 32.1. The Kier molecular flexibility index (Phi) is 6.09. The molecular formula is C25H25FN4O2S. The van der Waals surface area contributed by atoms with Crippen molar-refractivity contribution in [2.24, 2.45) is 0 Å². The molecule has 1 aliphatic heterocycles. The number of carbonyl (C=O) groups is 2.